The Morgan fingerprint density at radius 1 is 0.415 bits per heavy atom. The number of hydrogen-bond acceptors (Lipinski definition) is 10. The largest absolute Gasteiger partial charge is 2.00 e. The molecule has 0 aliphatic heterocycles. The smallest absolute Gasteiger partial charge is 0.550 e. The van der Waals surface area contributed by atoms with Gasteiger partial charge in [0.2, 0.25) is 0 Å². The van der Waals surface area contributed by atoms with Crippen LogP contribution < -0.4 is 10.2 Å². The molecule has 11 heteroatoms. The molecule has 4 unspecified atom stereocenters. The van der Waals surface area contributed by atoms with E-state index in [1.165, 1.54) is 25.0 Å². The summed E-state index contributed by atoms with van der Waals surface area (Å²) in [6.07, 6.45) is 27.1. The van der Waals surface area contributed by atoms with Crippen molar-refractivity contribution in [2.75, 3.05) is 0 Å². The van der Waals surface area contributed by atoms with Gasteiger partial charge >= 0.3 is 60.8 Å². The molecule has 0 amide bonds. The van der Waals surface area contributed by atoms with Gasteiger partial charge in [0.25, 0.3) is 0 Å². The number of carbonyl (C=O) groups is 4. The first-order valence-electron chi connectivity index (χ1n) is 25.1. The number of carbonyl (C=O) groups excluding carboxylic acids is 4. The van der Waals surface area contributed by atoms with E-state index in [0.717, 1.165) is 154 Å². The van der Waals surface area contributed by atoms with Gasteiger partial charge in [0.1, 0.15) is 12.2 Å². The summed E-state index contributed by atoms with van der Waals surface area (Å²) in [6.45, 7) is 8.55. The van der Waals surface area contributed by atoms with E-state index in [4.69, 9.17) is 18.9 Å². The average molecular weight is 1030 g/mol. The molecule has 0 spiro atoms. The van der Waals surface area contributed by atoms with Crippen LogP contribution in [-0.2, 0) is 51.3 Å². The fourth-order valence-electron chi connectivity index (χ4n) is 7.89. The molecule has 364 valence electrons. The van der Waals surface area contributed by atoms with Crippen LogP contribution >= 0.6 is 0 Å². The number of aliphatic carboxylic acids is 2. The summed E-state index contributed by atoms with van der Waals surface area (Å²) in [5, 5.41) is 21.0. The SMILES string of the molecule is CCCCC(CCCCCC(CCCCCCC(=O)[O-])OCc1ccccc1)OC(C)=O.CCCCC(CCCCCC(CCCCCCC(=O)[O-])OCc1ccccc1)OC(C)=O.[Ba+2]. The number of benzene rings is 2. The molecular weight excluding hydrogens is 946 g/mol. The first-order valence-corrected chi connectivity index (χ1v) is 25.1. The van der Waals surface area contributed by atoms with Crippen molar-refractivity contribution in [1.29, 1.82) is 0 Å². The molecule has 0 N–H and O–H groups in total. The monoisotopic (exact) mass is 1030 g/mol. The first-order chi connectivity index (χ1) is 31.0. The van der Waals surface area contributed by atoms with Crippen LogP contribution in [0.25, 0.3) is 0 Å². The molecule has 0 heterocycles. The second-order valence-corrected chi connectivity index (χ2v) is 17.5. The van der Waals surface area contributed by atoms with Crippen molar-refractivity contribution in [1.82, 2.24) is 0 Å². The predicted molar refractivity (Wildman–Crippen MR) is 258 cm³/mol. The van der Waals surface area contributed by atoms with Crippen molar-refractivity contribution in [3.05, 3.63) is 71.8 Å². The van der Waals surface area contributed by atoms with Gasteiger partial charge in [0.05, 0.1) is 25.4 Å². The molecule has 10 nitrogen and oxygen atoms in total. The quantitative estimate of drug-likeness (QED) is 0.0358. The van der Waals surface area contributed by atoms with Crippen LogP contribution in [-0.4, -0.2) is 97.2 Å². The van der Waals surface area contributed by atoms with E-state index in [0.29, 0.717) is 26.1 Å². The Balaban J connectivity index is 0.00000124. The maximum Gasteiger partial charge on any atom is 2.00 e. The van der Waals surface area contributed by atoms with E-state index in [1.54, 1.807) is 0 Å². The van der Waals surface area contributed by atoms with Crippen molar-refractivity contribution >= 4 is 72.8 Å². The Bertz CT molecular complexity index is 1320. The summed E-state index contributed by atoms with van der Waals surface area (Å²) in [5.41, 5.74) is 2.37. The summed E-state index contributed by atoms with van der Waals surface area (Å²) in [4.78, 5) is 43.7. The Morgan fingerprint density at radius 3 is 0.985 bits per heavy atom. The number of esters is 2. The summed E-state index contributed by atoms with van der Waals surface area (Å²) < 4.78 is 23.4. The molecule has 0 saturated heterocycles. The minimum absolute atomic E-state index is 0. The Morgan fingerprint density at radius 2 is 0.692 bits per heavy atom. The molecule has 4 atom stereocenters. The third-order valence-electron chi connectivity index (χ3n) is 11.5. The van der Waals surface area contributed by atoms with Gasteiger partial charge in [0.15, 0.2) is 0 Å². The fourth-order valence-corrected chi connectivity index (χ4v) is 7.89. The van der Waals surface area contributed by atoms with E-state index in [2.05, 4.69) is 38.1 Å². The third-order valence-corrected chi connectivity index (χ3v) is 11.5. The van der Waals surface area contributed by atoms with Crippen LogP contribution in [0.1, 0.15) is 219 Å². The minimum atomic E-state index is -0.959. The van der Waals surface area contributed by atoms with Crippen LogP contribution in [0.5, 0.6) is 0 Å². The van der Waals surface area contributed by atoms with E-state index in [-0.39, 0.29) is 98.1 Å². The Kier molecular flexibility index (Phi) is 42.8. The van der Waals surface area contributed by atoms with Gasteiger partial charge in [-0.3, -0.25) is 9.59 Å². The number of unbranched alkanes of at least 4 members (excludes halogenated alkanes) is 12. The van der Waals surface area contributed by atoms with Crippen LogP contribution in [0, 0.1) is 0 Å². The molecule has 0 saturated carbocycles. The molecular formula is C54H86BaO10. The zero-order chi connectivity index (χ0) is 46.9. The number of carboxylic acids is 2. The third kappa shape index (κ3) is 40.6. The Labute approximate surface area is 434 Å². The topological polar surface area (TPSA) is 151 Å². The van der Waals surface area contributed by atoms with E-state index in [9.17, 15) is 29.4 Å². The van der Waals surface area contributed by atoms with E-state index >= 15 is 0 Å². The van der Waals surface area contributed by atoms with Gasteiger partial charge in [0, 0.05) is 25.8 Å². The van der Waals surface area contributed by atoms with Crippen molar-refractivity contribution in [3.8, 4) is 0 Å². The van der Waals surface area contributed by atoms with E-state index < -0.39 is 11.9 Å². The van der Waals surface area contributed by atoms with E-state index in [1.807, 2.05) is 36.4 Å². The second-order valence-electron chi connectivity index (χ2n) is 17.5. The standard InChI is InChI=1S/2C27H44O5.Ba/c2*1-3-4-17-26(32-23(2)28)20-13-8-12-19-25(18-11-5-6-14-21-27(29)30)31-22-24-15-9-7-10-16-24;/h2*7,9-10,15-16,25-26H,3-6,8,11-14,17-22H2,1-2H3,(H,29,30);/q;;+2/p-2. The maximum absolute atomic E-state index is 11.3. The predicted octanol–water partition coefficient (Wildman–Crippen LogP) is 11.1. The minimum Gasteiger partial charge on any atom is -0.550 e. The second kappa shape index (κ2) is 44.3. The van der Waals surface area contributed by atoms with Crippen molar-refractivity contribution in [2.45, 2.75) is 245 Å². The zero-order valence-corrected chi connectivity index (χ0v) is 45.5. The van der Waals surface area contributed by atoms with Gasteiger partial charge in [-0.05, 0) is 101 Å². The van der Waals surface area contributed by atoms with Crippen LogP contribution in [0.3, 0.4) is 0 Å². The fraction of sp³-hybridized carbons (Fsp3) is 0.704. The van der Waals surface area contributed by atoms with Crippen molar-refractivity contribution < 1.29 is 48.3 Å². The first kappa shape index (κ1) is 62.8. The van der Waals surface area contributed by atoms with Gasteiger partial charge in [-0.2, -0.15) is 0 Å². The van der Waals surface area contributed by atoms with Gasteiger partial charge in [-0.25, -0.2) is 0 Å². The van der Waals surface area contributed by atoms with Crippen LogP contribution in [0.15, 0.2) is 60.7 Å². The molecule has 0 aliphatic carbocycles. The summed E-state index contributed by atoms with van der Waals surface area (Å²) >= 11 is 0. The van der Waals surface area contributed by atoms with Gasteiger partial charge < -0.3 is 38.7 Å². The zero-order valence-electron chi connectivity index (χ0n) is 41.1. The van der Waals surface area contributed by atoms with Crippen LogP contribution in [0.2, 0.25) is 0 Å². The molecule has 0 aliphatic rings. The number of hydrogen-bond donors (Lipinski definition) is 0. The summed E-state index contributed by atoms with van der Waals surface area (Å²) in [6, 6.07) is 20.5. The molecule has 0 radical (unpaired) electrons. The molecule has 2 aromatic rings. The molecule has 0 fully saturated rings. The number of ether oxygens (including phenoxy) is 4. The number of carboxylic acid groups (broad SMARTS) is 2. The van der Waals surface area contributed by atoms with Crippen molar-refractivity contribution in [3.63, 3.8) is 0 Å². The van der Waals surface area contributed by atoms with Gasteiger partial charge in [-0.1, -0.05) is 164 Å². The summed E-state index contributed by atoms with van der Waals surface area (Å²) in [7, 11) is 0. The molecule has 65 heavy (non-hydrogen) atoms. The molecule has 2 aromatic carbocycles. The average Bonchev–Trinajstić information content (AvgIpc) is 3.27. The molecule has 2 rings (SSSR count). The Hall–Kier alpha value is -2.19. The maximum atomic E-state index is 11.3. The van der Waals surface area contributed by atoms with Crippen LogP contribution in [0.4, 0.5) is 0 Å². The van der Waals surface area contributed by atoms with Crippen molar-refractivity contribution in [2.24, 2.45) is 0 Å². The summed E-state index contributed by atoms with van der Waals surface area (Å²) in [5.74, 6) is -2.28. The molecule has 0 bridgehead atoms. The normalized spacial score (nSPS) is 12.7. The van der Waals surface area contributed by atoms with Gasteiger partial charge in [-0.15, -0.1) is 0 Å². The molecule has 0 aromatic heterocycles. The number of rotatable bonds is 40.